The number of rotatable bonds is 5. The predicted octanol–water partition coefficient (Wildman–Crippen LogP) is 3.87. The second-order valence-electron chi connectivity index (χ2n) is 7.07. The number of hydrogen-bond donors (Lipinski definition) is 1. The first-order chi connectivity index (χ1) is 9.94. The summed E-state index contributed by atoms with van der Waals surface area (Å²) < 4.78 is 12.8. The average Bonchev–Trinajstić information content (AvgIpc) is 2.48. The van der Waals surface area contributed by atoms with Crippen LogP contribution < -0.4 is 5.73 Å². The van der Waals surface area contributed by atoms with Crippen molar-refractivity contribution in [2.75, 3.05) is 0 Å². The molecule has 0 saturated heterocycles. The third kappa shape index (κ3) is 4.17. The van der Waals surface area contributed by atoms with E-state index in [2.05, 4.69) is 32.9 Å². The van der Waals surface area contributed by atoms with Gasteiger partial charge in [0.05, 0.1) is 5.25 Å². The molecule has 21 heavy (non-hydrogen) atoms. The van der Waals surface area contributed by atoms with Crippen molar-refractivity contribution < 1.29 is 4.21 Å². The van der Waals surface area contributed by atoms with E-state index in [9.17, 15) is 4.21 Å². The van der Waals surface area contributed by atoms with Gasteiger partial charge in [0, 0.05) is 22.6 Å². The molecule has 0 heterocycles. The number of nitrogens with two attached hydrogens (primary N) is 1. The summed E-state index contributed by atoms with van der Waals surface area (Å²) in [5.41, 5.74) is 7.77. The third-order valence-corrected chi connectivity index (χ3v) is 7.18. The fourth-order valence-corrected chi connectivity index (χ4v) is 5.01. The van der Waals surface area contributed by atoms with E-state index in [0.717, 1.165) is 18.4 Å². The minimum absolute atomic E-state index is 0.0958. The Bertz CT molecular complexity index is 471. The minimum Gasteiger partial charge on any atom is -0.327 e. The van der Waals surface area contributed by atoms with E-state index in [4.69, 9.17) is 5.73 Å². The molecular formula is C18H29NOS. The molecule has 1 aliphatic rings. The smallest absolute Gasteiger partial charge is 0.0505 e. The van der Waals surface area contributed by atoms with Crippen molar-refractivity contribution in [1.29, 1.82) is 0 Å². The second-order valence-corrected chi connectivity index (χ2v) is 8.72. The van der Waals surface area contributed by atoms with Crippen molar-refractivity contribution in [3.8, 4) is 0 Å². The summed E-state index contributed by atoms with van der Waals surface area (Å²) in [6.45, 7) is 6.93. The van der Waals surface area contributed by atoms with Gasteiger partial charge in [-0.05, 0) is 36.2 Å². The van der Waals surface area contributed by atoms with Gasteiger partial charge in [-0.3, -0.25) is 4.21 Å². The topological polar surface area (TPSA) is 43.1 Å². The standard InChI is InChI=1S/C18H29NOS/c1-4-18(2,3)15-10-11-16(19)17(12-15)21(20)13-14-8-6-5-7-9-14/h5-9,15-17H,4,10-13,19H2,1-3H3. The van der Waals surface area contributed by atoms with Crippen molar-refractivity contribution in [1.82, 2.24) is 0 Å². The minimum atomic E-state index is -0.870. The first kappa shape index (κ1) is 16.7. The van der Waals surface area contributed by atoms with E-state index in [1.165, 1.54) is 12.8 Å². The highest BCUT2D eigenvalue weighted by molar-refractivity contribution is 7.84. The van der Waals surface area contributed by atoms with Gasteiger partial charge >= 0.3 is 0 Å². The molecule has 118 valence electrons. The van der Waals surface area contributed by atoms with Gasteiger partial charge in [-0.15, -0.1) is 0 Å². The molecule has 1 aromatic carbocycles. The van der Waals surface area contributed by atoms with Crippen LogP contribution in [0, 0.1) is 11.3 Å². The van der Waals surface area contributed by atoms with Crippen LogP contribution in [0.15, 0.2) is 30.3 Å². The van der Waals surface area contributed by atoms with Gasteiger partial charge in [0.25, 0.3) is 0 Å². The molecule has 0 spiro atoms. The summed E-state index contributed by atoms with van der Waals surface area (Å²) in [5, 5.41) is 0.148. The van der Waals surface area contributed by atoms with Gasteiger partial charge in [0.1, 0.15) is 0 Å². The predicted molar refractivity (Wildman–Crippen MR) is 91.5 cm³/mol. The molecule has 4 unspecified atom stereocenters. The van der Waals surface area contributed by atoms with Crippen LogP contribution in [0.4, 0.5) is 0 Å². The lowest BCUT2D eigenvalue weighted by Gasteiger charge is -2.41. The Balaban J connectivity index is 2.04. The summed E-state index contributed by atoms with van der Waals surface area (Å²) in [4.78, 5) is 0. The van der Waals surface area contributed by atoms with Crippen molar-refractivity contribution in [3.05, 3.63) is 35.9 Å². The quantitative estimate of drug-likeness (QED) is 0.897. The van der Waals surface area contributed by atoms with E-state index in [-0.39, 0.29) is 11.3 Å². The molecule has 3 heteroatoms. The van der Waals surface area contributed by atoms with Crippen molar-refractivity contribution in [3.63, 3.8) is 0 Å². The Kier molecular flexibility index (Phi) is 5.61. The molecular weight excluding hydrogens is 278 g/mol. The van der Waals surface area contributed by atoms with Crippen LogP contribution in [0.1, 0.15) is 52.0 Å². The zero-order valence-electron chi connectivity index (χ0n) is 13.5. The largest absolute Gasteiger partial charge is 0.327 e. The number of hydrogen-bond acceptors (Lipinski definition) is 2. The maximum absolute atomic E-state index is 12.8. The Hall–Kier alpha value is -0.670. The molecule has 1 aromatic rings. The van der Waals surface area contributed by atoms with Crippen LogP contribution in [0.25, 0.3) is 0 Å². The van der Waals surface area contributed by atoms with Gasteiger partial charge in [-0.1, -0.05) is 57.5 Å². The highest BCUT2D eigenvalue weighted by atomic mass is 32.2. The van der Waals surface area contributed by atoms with Crippen LogP contribution in [0.5, 0.6) is 0 Å². The summed E-state index contributed by atoms with van der Waals surface area (Å²) >= 11 is 0. The summed E-state index contributed by atoms with van der Waals surface area (Å²) in [6.07, 6.45) is 4.38. The number of benzene rings is 1. The Morgan fingerprint density at radius 3 is 2.52 bits per heavy atom. The highest BCUT2D eigenvalue weighted by Crippen LogP contribution is 2.41. The van der Waals surface area contributed by atoms with E-state index in [0.29, 0.717) is 17.1 Å². The molecule has 4 atom stereocenters. The Morgan fingerprint density at radius 2 is 1.90 bits per heavy atom. The van der Waals surface area contributed by atoms with E-state index in [1.807, 2.05) is 18.2 Å². The normalized spacial score (nSPS) is 28.3. The maximum atomic E-state index is 12.8. The first-order valence-corrected chi connectivity index (χ1v) is 9.49. The molecule has 0 aromatic heterocycles. The molecule has 0 amide bonds. The van der Waals surface area contributed by atoms with Gasteiger partial charge in [0.2, 0.25) is 0 Å². The fourth-order valence-electron chi connectivity index (χ4n) is 3.30. The summed E-state index contributed by atoms with van der Waals surface area (Å²) in [6, 6.07) is 10.2. The molecule has 2 nitrogen and oxygen atoms in total. The maximum Gasteiger partial charge on any atom is 0.0505 e. The van der Waals surface area contributed by atoms with Crippen molar-refractivity contribution in [2.24, 2.45) is 17.1 Å². The molecule has 0 radical (unpaired) electrons. The molecule has 1 aliphatic carbocycles. The third-order valence-electron chi connectivity index (χ3n) is 5.35. The van der Waals surface area contributed by atoms with Gasteiger partial charge in [-0.2, -0.15) is 0 Å². The van der Waals surface area contributed by atoms with E-state index >= 15 is 0 Å². The van der Waals surface area contributed by atoms with Crippen molar-refractivity contribution >= 4 is 10.8 Å². The monoisotopic (exact) mass is 307 g/mol. The van der Waals surface area contributed by atoms with Gasteiger partial charge < -0.3 is 5.73 Å². The van der Waals surface area contributed by atoms with Gasteiger partial charge in [-0.25, -0.2) is 0 Å². The lowest BCUT2D eigenvalue weighted by molar-refractivity contribution is 0.147. The lowest BCUT2D eigenvalue weighted by Crippen LogP contribution is -2.46. The van der Waals surface area contributed by atoms with Crippen LogP contribution >= 0.6 is 0 Å². The van der Waals surface area contributed by atoms with Crippen LogP contribution in [-0.2, 0) is 16.6 Å². The molecule has 2 rings (SSSR count). The summed E-state index contributed by atoms with van der Waals surface area (Å²) in [5.74, 6) is 1.28. The highest BCUT2D eigenvalue weighted by Gasteiger charge is 2.38. The Morgan fingerprint density at radius 1 is 1.24 bits per heavy atom. The van der Waals surface area contributed by atoms with Crippen LogP contribution in [-0.4, -0.2) is 15.5 Å². The average molecular weight is 308 g/mol. The zero-order chi connectivity index (χ0) is 15.5. The zero-order valence-corrected chi connectivity index (χ0v) is 14.4. The molecule has 0 bridgehead atoms. The SMILES string of the molecule is CCC(C)(C)C1CCC(N)C(S(=O)Cc2ccccc2)C1. The molecule has 1 fully saturated rings. The molecule has 2 N–H and O–H groups in total. The van der Waals surface area contributed by atoms with Crippen LogP contribution in [0.3, 0.4) is 0 Å². The van der Waals surface area contributed by atoms with Gasteiger partial charge in [0.15, 0.2) is 0 Å². The summed E-state index contributed by atoms with van der Waals surface area (Å²) in [7, 11) is -0.870. The molecule has 0 aliphatic heterocycles. The van der Waals surface area contributed by atoms with Crippen molar-refractivity contribution in [2.45, 2.75) is 63.5 Å². The van der Waals surface area contributed by atoms with Crippen LogP contribution in [0.2, 0.25) is 0 Å². The molecule has 1 saturated carbocycles. The fraction of sp³-hybridized carbons (Fsp3) is 0.667. The lowest BCUT2D eigenvalue weighted by atomic mass is 9.69. The Labute approximate surface area is 132 Å². The van der Waals surface area contributed by atoms with E-state index in [1.54, 1.807) is 0 Å². The first-order valence-electron chi connectivity index (χ1n) is 8.10. The van der Waals surface area contributed by atoms with E-state index < -0.39 is 10.8 Å². The second kappa shape index (κ2) is 7.06.